The summed E-state index contributed by atoms with van der Waals surface area (Å²) in [6.07, 6.45) is -0.787. The molecule has 0 bridgehead atoms. The molecule has 3 rings (SSSR count). The van der Waals surface area contributed by atoms with Crippen LogP contribution in [0.25, 0.3) is 0 Å². The maximum absolute atomic E-state index is 12.9. The largest absolute Gasteiger partial charge is 0.479 e. The van der Waals surface area contributed by atoms with Gasteiger partial charge in [0.1, 0.15) is 6.73 Å². The molecule has 166 valence electrons. The smallest absolute Gasteiger partial charge is 0.338 e. The van der Waals surface area contributed by atoms with E-state index in [0.717, 1.165) is 28.0 Å². The van der Waals surface area contributed by atoms with E-state index >= 15 is 0 Å². The molecule has 10 heteroatoms. The highest BCUT2D eigenvalue weighted by Gasteiger charge is 2.43. The Morgan fingerprint density at radius 1 is 1.19 bits per heavy atom. The van der Waals surface area contributed by atoms with E-state index in [1.807, 2.05) is 6.92 Å². The van der Waals surface area contributed by atoms with Gasteiger partial charge < -0.3 is 19.3 Å². The molecule has 0 spiro atoms. The number of carbonyl (C=O) groups is 2. The predicted molar refractivity (Wildman–Crippen MR) is 108 cm³/mol. The number of carboxylic acid groups (broad SMARTS) is 1. The fourth-order valence-electron chi connectivity index (χ4n) is 3.17. The van der Waals surface area contributed by atoms with E-state index in [2.05, 4.69) is 0 Å². The number of aliphatic carboxylic acids is 1. The first-order chi connectivity index (χ1) is 14.9. The van der Waals surface area contributed by atoms with Crippen molar-refractivity contribution in [3.63, 3.8) is 0 Å². The number of carbonyl (C=O) groups excluding carboxylic acids is 1. The van der Waals surface area contributed by atoms with Crippen LogP contribution in [0.5, 0.6) is 0 Å². The first-order valence-corrected chi connectivity index (χ1v) is 9.96. The van der Waals surface area contributed by atoms with Crippen molar-refractivity contribution < 1.29 is 28.9 Å². The zero-order valence-electron chi connectivity index (χ0n) is 17.0. The summed E-state index contributed by atoms with van der Waals surface area (Å²) >= 11 is 0. The Bertz CT molecular complexity index is 1030. The second-order valence-corrected chi connectivity index (χ2v) is 7.06. The summed E-state index contributed by atoms with van der Waals surface area (Å²) in [4.78, 5) is 49.0. The molecule has 0 saturated carbocycles. The second kappa shape index (κ2) is 10.2. The van der Waals surface area contributed by atoms with Crippen LogP contribution in [0, 0.1) is 0 Å². The lowest BCUT2D eigenvalue weighted by molar-refractivity contribution is -0.152. The number of rotatable bonds is 9. The fraction of sp³-hybridized carbons (Fsp3) is 0.429. The Balaban J connectivity index is 1.87. The van der Waals surface area contributed by atoms with Crippen molar-refractivity contribution in [3.05, 3.63) is 69.0 Å². The molecule has 0 aliphatic carbocycles. The first-order valence-electron chi connectivity index (χ1n) is 9.96. The van der Waals surface area contributed by atoms with Crippen LogP contribution in [0.3, 0.4) is 0 Å². The Morgan fingerprint density at radius 2 is 1.94 bits per heavy atom. The Kier molecular flexibility index (Phi) is 7.37. The second-order valence-electron chi connectivity index (χ2n) is 7.06. The fourth-order valence-corrected chi connectivity index (χ4v) is 3.17. The van der Waals surface area contributed by atoms with Crippen molar-refractivity contribution in [2.24, 2.45) is 0 Å². The third-order valence-corrected chi connectivity index (χ3v) is 4.84. The lowest BCUT2D eigenvalue weighted by Crippen LogP contribution is -2.43. The van der Waals surface area contributed by atoms with Crippen LogP contribution in [-0.2, 0) is 25.7 Å². The van der Waals surface area contributed by atoms with Crippen LogP contribution in [0.2, 0.25) is 0 Å². The molecule has 1 aromatic carbocycles. The van der Waals surface area contributed by atoms with E-state index in [9.17, 15) is 24.3 Å². The van der Waals surface area contributed by atoms with Gasteiger partial charge in [-0.05, 0) is 18.6 Å². The molecule has 0 amide bonds. The van der Waals surface area contributed by atoms with Crippen molar-refractivity contribution in [1.29, 1.82) is 0 Å². The Hall–Kier alpha value is -3.24. The number of unbranched alkanes of at least 4 members (excludes halogenated alkanes) is 1. The van der Waals surface area contributed by atoms with Gasteiger partial charge in [0.2, 0.25) is 0 Å². The zero-order chi connectivity index (χ0) is 22.4. The van der Waals surface area contributed by atoms with Crippen LogP contribution in [0.15, 0.2) is 52.2 Å². The molecule has 1 fully saturated rings. The summed E-state index contributed by atoms with van der Waals surface area (Å²) in [6, 6.07) is 9.34. The summed E-state index contributed by atoms with van der Waals surface area (Å²) in [5, 5.41) is 9.35. The van der Waals surface area contributed by atoms with Gasteiger partial charge in [-0.15, -0.1) is 0 Å². The summed E-state index contributed by atoms with van der Waals surface area (Å²) in [6.45, 7) is 2.12. The molecular formula is C21H24N2O8. The Labute approximate surface area is 177 Å². The van der Waals surface area contributed by atoms with Crippen molar-refractivity contribution in [3.8, 4) is 0 Å². The van der Waals surface area contributed by atoms with Gasteiger partial charge >= 0.3 is 17.6 Å². The molecule has 1 N–H and O–H groups in total. The normalized spacial score (nSPS) is 20.5. The van der Waals surface area contributed by atoms with Gasteiger partial charge in [0.25, 0.3) is 5.56 Å². The van der Waals surface area contributed by atoms with E-state index in [4.69, 9.17) is 14.2 Å². The van der Waals surface area contributed by atoms with Gasteiger partial charge in [0.05, 0.1) is 5.56 Å². The van der Waals surface area contributed by atoms with Crippen LogP contribution in [0.1, 0.15) is 42.8 Å². The summed E-state index contributed by atoms with van der Waals surface area (Å²) in [5.41, 5.74) is -1.04. The van der Waals surface area contributed by atoms with Crippen LogP contribution in [-0.4, -0.2) is 45.0 Å². The lowest BCUT2D eigenvalue weighted by Gasteiger charge is -2.21. The highest BCUT2D eigenvalue weighted by Crippen LogP contribution is 2.31. The number of carboxylic acids is 1. The van der Waals surface area contributed by atoms with Crippen LogP contribution in [0.4, 0.5) is 0 Å². The lowest BCUT2D eigenvalue weighted by atomic mass is 10.2. The standard InChI is InChI=1S/C21H24N2O8/c1-2-3-11-29-13-23-17(24)9-10-22(21(23)28)18-15(12-16(30-18)19(25)26)31-20(27)14-7-5-4-6-8-14/h4-10,15-16,18H,2-3,11-13H2,1H3,(H,25,26)/t15-,16-,18+/m0/s1. The third kappa shape index (κ3) is 5.28. The summed E-state index contributed by atoms with van der Waals surface area (Å²) in [7, 11) is 0. The van der Waals surface area contributed by atoms with E-state index in [1.54, 1.807) is 30.3 Å². The molecule has 2 aromatic rings. The van der Waals surface area contributed by atoms with Crippen molar-refractivity contribution in [1.82, 2.24) is 9.13 Å². The molecular weight excluding hydrogens is 408 g/mol. The highest BCUT2D eigenvalue weighted by molar-refractivity contribution is 5.89. The highest BCUT2D eigenvalue weighted by atomic mass is 16.6. The number of ether oxygens (including phenoxy) is 3. The summed E-state index contributed by atoms with van der Waals surface area (Å²) in [5.74, 6) is -1.91. The predicted octanol–water partition coefficient (Wildman–Crippen LogP) is 1.38. The molecule has 3 atom stereocenters. The molecule has 10 nitrogen and oxygen atoms in total. The van der Waals surface area contributed by atoms with E-state index < -0.39 is 41.6 Å². The molecule has 2 heterocycles. The van der Waals surface area contributed by atoms with Crippen molar-refractivity contribution in [2.45, 2.75) is 51.4 Å². The van der Waals surface area contributed by atoms with Gasteiger partial charge in [-0.2, -0.15) is 0 Å². The van der Waals surface area contributed by atoms with E-state index in [0.29, 0.717) is 6.61 Å². The zero-order valence-corrected chi connectivity index (χ0v) is 17.0. The number of hydrogen-bond acceptors (Lipinski definition) is 7. The van der Waals surface area contributed by atoms with Crippen molar-refractivity contribution >= 4 is 11.9 Å². The van der Waals surface area contributed by atoms with Crippen LogP contribution < -0.4 is 11.2 Å². The van der Waals surface area contributed by atoms with Gasteiger partial charge in [-0.3, -0.25) is 9.36 Å². The van der Waals surface area contributed by atoms with Gasteiger partial charge in [-0.1, -0.05) is 31.5 Å². The maximum atomic E-state index is 12.9. The SMILES string of the molecule is CCCCOCn1c(=O)ccn([C@@H]2O[C@H](C(=O)O)C[C@@H]2OC(=O)c2ccccc2)c1=O. The molecule has 1 aliphatic heterocycles. The average Bonchev–Trinajstić information content (AvgIpc) is 3.17. The minimum absolute atomic E-state index is 0.142. The Morgan fingerprint density at radius 3 is 2.61 bits per heavy atom. The number of aromatic nitrogens is 2. The van der Waals surface area contributed by atoms with Crippen LogP contribution >= 0.6 is 0 Å². The number of benzene rings is 1. The van der Waals surface area contributed by atoms with Crippen molar-refractivity contribution in [2.75, 3.05) is 6.61 Å². The molecule has 31 heavy (non-hydrogen) atoms. The number of hydrogen-bond donors (Lipinski definition) is 1. The van der Waals surface area contributed by atoms with E-state index in [1.165, 1.54) is 6.20 Å². The number of nitrogens with zero attached hydrogens (tertiary/aromatic N) is 2. The minimum atomic E-state index is -1.27. The monoisotopic (exact) mass is 432 g/mol. The maximum Gasteiger partial charge on any atom is 0.338 e. The van der Waals surface area contributed by atoms with E-state index in [-0.39, 0.29) is 18.7 Å². The average molecular weight is 432 g/mol. The topological polar surface area (TPSA) is 126 Å². The number of esters is 1. The van der Waals surface area contributed by atoms with Gasteiger partial charge in [-0.25, -0.2) is 19.0 Å². The molecule has 1 aliphatic rings. The van der Waals surface area contributed by atoms with Gasteiger partial charge in [0.15, 0.2) is 18.4 Å². The summed E-state index contributed by atoms with van der Waals surface area (Å²) < 4.78 is 18.3. The minimum Gasteiger partial charge on any atom is -0.479 e. The first kappa shape index (κ1) is 22.4. The quantitative estimate of drug-likeness (QED) is 0.465. The third-order valence-electron chi connectivity index (χ3n) is 4.84. The molecule has 1 saturated heterocycles. The van der Waals surface area contributed by atoms with Gasteiger partial charge in [0, 0.05) is 25.3 Å². The molecule has 1 aromatic heterocycles. The molecule has 0 unspecified atom stereocenters. The molecule has 0 radical (unpaired) electrons.